The van der Waals surface area contributed by atoms with Gasteiger partial charge in [-0.3, -0.25) is 4.79 Å². The zero-order valence-corrected chi connectivity index (χ0v) is 8.76. The molecule has 0 radical (unpaired) electrons. The third-order valence-electron chi connectivity index (χ3n) is 3.06. The lowest BCUT2D eigenvalue weighted by Crippen LogP contribution is -2.29. The van der Waals surface area contributed by atoms with Crippen LogP contribution in [0.25, 0.3) is 10.9 Å². The lowest BCUT2D eigenvalue weighted by molar-refractivity contribution is 0.131. The Labute approximate surface area is 92.2 Å². The summed E-state index contributed by atoms with van der Waals surface area (Å²) in [5.41, 5.74) is 0.703. The monoisotopic (exact) mass is 216 g/mol. The topological polar surface area (TPSA) is 55.1 Å². The first-order chi connectivity index (χ1) is 7.75. The van der Waals surface area contributed by atoms with Crippen LogP contribution in [0.3, 0.4) is 0 Å². The summed E-state index contributed by atoms with van der Waals surface area (Å²) >= 11 is 0. The van der Waals surface area contributed by atoms with Gasteiger partial charge in [0, 0.05) is 6.42 Å². The molecule has 1 atom stereocenters. The van der Waals surface area contributed by atoms with E-state index in [0.29, 0.717) is 24.8 Å². The summed E-state index contributed by atoms with van der Waals surface area (Å²) in [5, 5.41) is 10.3. The van der Waals surface area contributed by atoms with Crippen molar-refractivity contribution in [1.82, 2.24) is 9.55 Å². The molecule has 1 aromatic carbocycles. The molecule has 1 N–H and O–H groups in total. The number of rotatable bonds is 0. The van der Waals surface area contributed by atoms with E-state index in [9.17, 15) is 9.90 Å². The van der Waals surface area contributed by atoms with Gasteiger partial charge in [0.05, 0.1) is 23.6 Å². The molecule has 4 nitrogen and oxygen atoms in total. The van der Waals surface area contributed by atoms with Gasteiger partial charge in [0.15, 0.2) is 0 Å². The zero-order valence-electron chi connectivity index (χ0n) is 8.76. The Balaban J connectivity index is 2.37. The van der Waals surface area contributed by atoms with Gasteiger partial charge in [0.2, 0.25) is 0 Å². The number of aliphatic hydroxyl groups is 1. The Bertz CT molecular complexity index is 603. The third-order valence-corrected chi connectivity index (χ3v) is 3.06. The highest BCUT2D eigenvalue weighted by Gasteiger charge is 2.19. The van der Waals surface area contributed by atoms with E-state index in [1.54, 1.807) is 6.07 Å². The van der Waals surface area contributed by atoms with Crippen LogP contribution in [-0.4, -0.2) is 20.8 Å². The molecule has 4 heteroatoms. The number of benzene rings is 1. The highest BCUT2D eigenvalue weighted by Crippen LogP contribution is 2.18. The molecule has 1 aliphatic heterocycles. The number of para-hydroxylation sites is 1. The lowest BCUT2D eigenvalue weighted by atomic mass is 10.1. The minimum absolute atomic E-state index is 0.168. The molecular weight excluding hydrogens is 204 g/mol. The summed E-state index contributed by atoms with van der Waals surface area (Å²) in [5.74, 6) is 0.786. The van der Waals surface area contributed by atoms with Crippen molar-refractivity contribution in [3.05, 3.63) is 40.4 Å². The second-order valence-corrected chi connectivity index (χ2v) is 4.15. The van der Waals surface area contributed by atoms with E-state index < -0.39 is 0 Å². The van der Waals surface area contributed by atoms with Crippen molar-refractivity contribution in [3.8, 4) is 0 Å². The van der Waals surface area contributed by atoms with E-state index in [1.807, 2.05) is 22.8 Å². The van der Waals surface area contributed by atoms with Crippen molar-refractivity contribution in [2.24, 2.45) is 0 Å². The van der Waals surface area contributed by atoms with Crippen LogP contribution in [-0.2, 0) is 13.0 Å². The van der Waals surface area contributed by atoms with Crippen molar-refractivity contribution < 1.29 is 5.11 Å². The second-order valence-electron chi connectivity index (χ2n) is 4.15. The summed E-state index contributed by atoms with van der Waals surface area (Å²) < 4.78 is 1.95. The summed E-state index contributed by atoms with van der Waals surface area (Å²) in [6.07, 6.45) is 1.02. The van der Waals surface area contributed by atoms with Crippen LogP contribution >= 0.6 is 0 Å². The number of nitrogens with zero attached hydrogens (tertiary/aromatic N) is 2. The van der Waals surface area contributed by atoms with E-state index in [-0.39, 0.29) is 11.7 Å². The van der Waals surface area contributed by atoms with Gasteiger partial charge in [-0.1, -0.05) is 12.1 Å². The maximum atomic E-state index is 11.7. The Morgan fingerprint density at radius 3 is 3.06 bits per heavy atom. The lowest BCUT2D eigenvalue weighted by Gasteiger charge is -2.23. The third kappa shape index (κ3) is 1.34. The minimum atomic E-state index is -0.333. The molecule has 3 rings (SSSR count). The summed E-state index contributed by atoms with van der Waals surface area (Å²) in [6.45, 7) is 0.531. The number of aryl methyl sites for hydroxylation is 1. The molecule has 0 fully saturated rings. The minimum Gasteiger partial charge on any atom is -0.391 e. The SMILES string of the molecule is O=c1nc2n(c3ccccc13)CC(O)CC2. The van der Waals surface area contributed by atoms with Crippen LogP contribution in [0.5, 0.6) is 0 Å². The first-order valence-electron chi connectivity index (χ1n) is 5.42. The van der Waals surface area contributed by atoms with Gasteiger partial charge in [-0.2, -0.15) is 4.98 Å². The fraction of sp³-hybridized carbons (Fsp3) is 0.333. The molecule has 2 heterocycles. The average molecular weight is 216 g/mol. The van der Waals surface area contributed by atoms with Crippen molar-refractivity contribution in [2.75, 3.05) is 0 Å². The van der Waals surface area contributed by atoms with Gasteiger partial charge >= 0.3 is 0 Å². The fourth-order valence-electron chi connectivity index (χ4n) is 2.26. The molecule has 0 saturated carbocycles. The van der Waals surface area contributed by atoms with Gasteiger partial charge in [-0.25, -0.2) is 0 Å². The van der Waals surface area contributed by atoms with E-state index in [4.69, 9.17) is 0 Å². The molecule has 0 bridgehead atoms. The summed E-state index contributed by atoms with van der Waals surface area (Å²) in [6, 6.07) is 7.41. The van der Waals surface area contributed by atoms with Crippen molar-refractivity contribution in [3.63, 3.8) is 0 Å². The normalized spacial score (nSPS) is 19.7. The molecule has 0 saturated heterocycles. The first kappa shape index (κ1) is 9.54. The van der Waals surface area contributed by atoms with Crippen LogP contribution in [0.4, 0.5) is 0 Å². The number of hydrogen-bond acceptors (Lipinski definition) is 3. The first-order valence-corrected chi connectivity index (χ1v) is 5.42. The Hall–Kier alpha value is -1.68. The van der Waals surface area contributed by atoms with E-state index in [0.717, 1.165) is 11.3 Å². The second kappa shape index (κ2) is 3.42. The highest BCUT2D eigenvalue weighted by molar-refractivity contribution is 5.78. The van der Waals surface area contributed by atoms with Crippen LogP contribution < -0.4 is 5.56 Å². The fourth-order valence-corrected chi connectivity index (χ4v) is 2.26. The summed E-state index contributed by atoms with van der Waals surface area (Å²) in [7, 11) is 0. The Morgan fingerprint density at radius 1 is 1.38 bits per heavy atom. The van der Waals surface area contributed by atoms with Crippen molar-refractivity contribution in [1.29, 1.82) is 0 Å². The molecule has 82 valence electrons. The number of fused-ring (bicyclic) bond motifs is 3. The molecule has 0 spiro atoms. The van der Waals surface area contributed by atoms with Crippen molar-refractivity contribution >= 4 is 10.9 Å². The molecular formula is C12H12N2O2. The number of aliphatic hydroxyl groups excluding tert-OH is 1. The van der Waals surface area contributed by atoms with Crippen LogP contribution in [0, 0.1) is 0 Å². The van der Waals surface area contributed by atoms with E-state index in [1.165, 1.54) is 0 Å². The predicted octanol–water partition coefficient (Wildman–Crippen LogP) is 0.704. The van der Waals surface area contributed by atoms with Crippen molar-refractivity contribution in [2.45, 2.75) is 25.5 Å². The zero-order chi connectivity index (χ0) is 11.1. The smallest absolute Gasteiger partial charge is 0.280 e. The molecule has 1 unspecified atom stereocenters. The number of hydrogen-bond donors (Lipinski definition) is 1. The van der Waals surface area contributed by atoms with Crippen LogP contribution in [0.15, 0.2) is 29.1 Å². The molecule has 1 aromatic heterocycles. The molecule has 16 heavy (non-hydrogen) atoms. The summed E-state index contributed by atoms with van der Waals surface area (Å²) in [4.78, 5) is 15.8. The van der Waals surface area contributed by atoms with Gasteiger partial charge in [-0.15, -0.1) is 0 Å². The standard InChI is InChI=1S/C12H12N2O2/c15-8-5-6-11-13-12(16)9-3-1-2-4-10(9)14(11)7-8/h1-4,8,15H,5-7H2. The Kier molecular flexibility index (Phi) is 2.04. The van der Waals surface area contributed by atoms with Crippen LogP contribution in [0.2, 0.25) is 0 Å². The van der Waals surface area contributed by atoms with E-state index >= 15 is 0 Å². The molecule has 0 aliphatic carbocycles. The largest absolute Gasteiger partial charge is 0.391 e. The quantitative estimate of drug-likeness (QED) is 0.705. The maximum absolute atomic E-state index is 11.7. The molecule has 2 aromatic rings. The van der Waals surface area contributed by atoms with Gasteiger partial charge in [-0.05, 0) is 18.6 Å². The maximum Gasteiger partial charge on any atom is 0.280 e. The van der Waals surface area contributed by atoms with Crippen LogP contribution in [0.1, 0.15) is 12.2 Å². The molecule has 1 aliphatic rings. The van der Waals surface area contributed by atoms with E-state index in [2.05, 4.69) is 4.98 Å². The highest BCUT2D eigenvalue weighted by atomic mass is 16.3. The van der Waals surface area contributed by atoms with Gasteiger partial charge in [0.25, 0.3) is 5.56 Å². The average Bonchev–Trinajstić information content (AvgIpc) is 2.31. The predicted molar refractivity (Wildman–Crippen MR) is 60.3 cm³/mol. The number of aromatic nitrogens is 2. The molecule has 0 amide bonds. The Morgan fingerprint density at radius 2 is 2.19 bits per heavy atom. The van der Waals surface area contributed by atoms with Gasteiger partial charge < -0.3 is 9.67 Å². The van der Waals surface area contributed by atoms with Gasteiger partial charge in [0.1, 0.15) is 5.82 Å².